The molecule has 0 aromatic heterocycles. The molecule has 1 amide bonds. The summed E-state index contributed by atoms with van der Waals surface area (Å²) in [5.41, 5.74) is 0.622. The zero-order valence-corrected chi connectivity index (χ0v) is 11.9. The first kappa shape index (κ1) is 14.9. The van der Waals surface area contributed by atoms with Crippen LogP contribution in [0.4, 0.5) is 10.1 Å². The van der Waals surface area contributed by atoms with Gasteiger partial charge in [-0.1, -0.05) is 6.92 Å². The highest BCUT2D eigenvalue weighted by Crippen LogP contribution is 2.14. The van der Waals surface area contributed by atoms with Crippen LogP contribution in [0.2, 0.25) is 0 Å². The highest BCUT2D eigenvalue weighted by Gasteiger charge is 2.20. The van der Waals surface area contributed by atoms with E-state index in [2.05, 4.69) is 22.5 Å². The van der Waals surface area contributed by atoms with Crippen molar-refractivity contribution in [1.29, 1.82) is 0 Å². The van der Waals surface area contributed by atoms with Crippen LogP contribution in [0.25, 0.3) is 0 Å². The smallest absolute Gasteiger partial charge is 0.238 e. The summed E-state index contributed by atoms with van der Waals surface area (Å²) in [6.45, 7) is 6.70. The van der Waals surface area contributed by atoms with Crippen LogP contribution in [0, 0.1) is 11.7 Å². The van der Waals surface area contributed by atoms with E-state index in [4.69, 9.17) is 0 Å². The second-order valence-electron chi connectivity index (χ2n) is 5.23. The predicted molar refractivity (Wildman–Crippen MR) is 78.1 cm³/mol. The molecule has 1 aromatic rings. The summed E-state index contributed by atoms with van der Waals surface area (Å²) in [4.78, 5) is 14.1. The Hall–Kier alpha value is -1.46. The summed E-state index contributed by atoms with van der Waals surface area (Å²) in [6, 6.07) is 5.79. The van der Waals surface area contributed by atoms with Crippen LogP contribution in [0.5, 0.6) is 0 Å². The van der Waals surface area contributed by atoms with Gasteiger partial charge in [0.05, 0.1) is 6.54 Å². The van der Waals surface area contributed by atoms with Crippen molar-refractivity contribution in [3.63, 3.8) is 0 Å². The third-order valence-corrected chi connectivity index (χ3v) is 3.66. The lowest BCUT2D eigenvalue weighted by atomic mass is 10.1. The average molecular weight is 279 g/mol. The summed E-state index contributed by atoms with van der Waals surface area (Å²) in [6.07, 6.45) is 1.19. The standard InChI is InChI=1S/C15H22FN3O/c1-2-19-8-7-12(11-19)9-17-10-15(20)18-14-5-3-13(16)4-6-14/h3-6,12,17H,2,7-11H2,1H3,(H,18,20). The van der Waals surface area contributed by atoms with Crippen LogP contribution in [-0.2, 0) is 4.79 Å². The van der Waals surface area contributed by atoms with Gasteiger partial charge in [0.25, 0.3) is 0 Å². The van der Waals surface area contributed by atoms with Crippen molar-refractivity contribution in [2.24, 2.45) is 5.92 Å². The largest absolute Gasteiger partial charge is 0.325 e. The second-order valence-corrected chi connectivity index (χ2v) is 5.23. The monoisotopic (exact) mass is 279 g/mol. The molecule has 110 valence electrons. The lowest BCUT2D eigenvalue weighted by Gasteiger charge is -2.13. The van der Waals surface area contributed by atoms with Crippen molar-refractivity contribution >= 4 is 11.6 Å². The van der Waals surface area contributed by atoms with Crippen molar-refractivity contribution < 1.29 is 9.18 Å². The third-order valence-electron chi connectivity index (χ3n) is 3.66. The molecule has 0 bridgehead atoms. The lowest BCUT2D eigenvalue weighted by Crippen LogP contribution is -2.32. The molecule has 0 radical (unpaired) electrons. The topological polar surface area (TPSA) is 44.4 Å². The van der Waals surface area contributed by atoms with E-state index in [0.717, 1.165) is 26.2 Å². The minimum Gasteiger partial charge on any atom is -0.325 e. The number of rotatable bonds is 6. The van der Waals surface area contributed by atoms with E-state index < -0.39 is 0 Å². The number of hydrogen-bond donors (Lipinski definition) is 2. The van der Waals surface area contributed by atoms with E-state index in [1.165, 1.54) is 18.6 Å². The van der Waals surface area contributed by atoms with Gasteiger partial charge in [0.2, 0.25) is 5.91 Å². The van der Waals surface area contributed by atoms with Gasteiger partial charge in [0.15, 0.2) is 0 Å². The highest BCUT2D eigenvalue weighted by atomic mass is 19.1. The van der Waals surface area contributed by atoms with Crippen molar-refractivity contribution in [2.45, 2.75) is 13.3 Å². The van der Waals surface area contributed by atoms with Gasteiger partial charge in [-0.05, 0) is 56.2 Å². The second kappa shape index (κ2) is 7.36. The average Bonchev–Trinajstić information content (AvgIpc) is 2.89. The Morgan fingerprint density at radius 1 is 1.40 bits per heavy atom. The third kappa shape index (κ3) is 4.58. The van der Waals surface area contributed by atoms with Gasteiger partial charge in [0.1, 0.15) is 5.82 Å². The molecule has 1 heterocycles. The Morgan fingerprint density at radius 2 is 2.15 bits per heavy atom. The number of hydrogen-bond acceptors (Lipinski definition) is 3. The van der Waals surface area contributed by atoms with Crippen LogP contribution in [-0.4, -0.2) is 43.5 Å². The number of benzene rings is 1. The number of amides is 1. The SMILES string of the molecule is CCN1CCC(CNCC(=O)Nc2ccc(F)cc2)C1. The zero-order valence-electron chi connectivity index (χ0n) is 11.9. The maximum atomic E-state index is 12.7. The van der Waals surface area contributed by atoms with E-state index in [9.17, 15) is 9.18 Å². The molecule has 0 aliphatic carbocycles. The molecular weight excluding hydrogens is 257 g/mol. The van der Waals surface area contributed by atoms with Crippen LogP contribution in [0.1, 0.15) is 13.3 Å². The van der Waals surface area contributed by atoms with Gasteiger partial charge in [0, 0.05) is 12.2 Å². The van der Waals surface area contributed by atoms with Gasteiger partial charge >= 0.3 is 0 Å². The predicted octanol–water partition coefficient (Wildman–Crippen LogP) is 1.70. The first-order valence-electron chi connectivity index (χ1n) is 7.16. The number of likely N-dealkylation sites (tertiary alicyclic amines) is 1. The molecule has 4 nitrogen and oxygen atoms in total. The van der Waals surface area contributed by atoms with Gasteiger partial charge in [-0.3, -0.25) is 4.79 Å². The minimum atomic E-state index is -0.303. The summed E-state index contributed by atoms with van der Waals surface area (Å²) >= 11 is 0. The molecule has 0 spiro atoms. The molecule has 1 unspecified atom stereocenters. The lowest BCUT2D eigenvalue weighted by molar-refractivity contribution is -0.115. The molecule has 1 aliphatic heterocycles. The van der Waals surface area contributed by atoms with Crippen molar-refractivity contribution in [3.05, 3.63) is 30.1 Å². The number of anilines is 1. The minimum absolute atomic E-state index is 0.0954. The number of halogens is 1. The first-order chi connectivity index (χ1) is 9.67. The number of nitrogens with one attached hydrogen (secondary N) is 2. The Morgan fingerprint density at radius 3 is 2.80 bits per heavy atom. The summed E-state index contributed by atoms with van der Waals surface area (Å²) in [5.74, 6) is 0.235. The van der Waals surface area contributed by atoms with E-state index in [0.29, 0.717) is 18.2 Å². The number of nitrogens with zero attached hydrogens (tertiary/aromatic N) is 1. The van der Waals surface area contributed by atoms with E-state index >= 15 is 0 Å². The Labute approximate surface area is 119 Å². The molecule has 1 atom stereocenters. The van der Waals surface area contributed by atoms with Gasteiger partial charge in [-0.15, -0.1) is 0 Å². The molecular formula is C15H22FN3O. The van der Waals surface area contributed by atoms with E-state index in [1.807, 2.05) is 0 Å². The molecule has 1 fully saturated rings. The van der Waals surface area contributed by atoms with Gasteiger partial charge in [-0.25, -0.2) is 4.39 Å². The maximum absolute atomic E-state index is 12.7. The van der Waals surface area contributed by atoms with Crippen LogP contribution in [0.3, 0.4) is 0 Å². The first-order valence-corrected chi connectivity index (χ1v) is 7.16. The van der Waals surface area contributed by atoms with Crippen LogP contribution < -0.4 is 10.6 Å². The fourth-order valence-corrected chi connectivity index (χ4v) is 2.49. The van der Waals surface area contributed by atoms with E-state index in [1.54, 1.807) is 12.1 Å². The van der Waals surface area contributed by atoms with Crippen LogP contribution >= 0.6 is 0 Å². The van der Waals surface area contributed by atoms with Crippen molar-refractivity contribution in [3.8, 4) is 0 Å². The fraction of sp³-hybridized carbons (Fsp3) is 0.533. The molecule has 5 heteroatoms. The van der Waals surface area contributed by atoms with Gasteiger partial charge in [-0.2, -0.15) is 0 Å². The molecule has 1 saturated heterocycles. The quantitative estimate of drug-likeness (QED) is 0.833. The molecule has 2 rings (SSSR count). The Bertz CT molecular complexity index is 435. The van der Waals surface area contributed by atoms with Crippen molar-refractivity contribution in [2.75, 3.05) is 38.0 Å². The molecule has 2 N–H and O–H groups in total. The summed E-state index contributed by atoms with van der Waals surface area (Å²) < 4.78 is 12.7. The van der Waals surface area contributed by atoms with Crippen LogP contribution in [0.15, 0.2) is 24.3 Å². The zero-order chi connectivity index (χ0) is 14.4. The van der Waals surface area contributed by atoms with Gasteiger partial charge < -0.3 is 15.5 Å². The molecule has 0 saturated carbocycles. The van der Waals surface area contributed by atoms with Crippen molar-refractivity contribution in [1.82, 2.24) is 10.2 Å². The summed E-state index contributed by atoms with van der Waals surface area (Å²) in [7, 11) is 0. The number of carbonyl (C=O) groups is 1. The number of carbonyl (C=O) groups excluding carboxylic acids is 1. The maximum Gasteiger partial charge on any atom is 0.238 e. The molecule has 20 heavy (non-hydrogen) atoms. The van der Waals surface area contributed by atoms with E-state index in [-0.39, 0.29) is 11.7 Å². The fourth-order valence-electron chi connectivity index (χ4n) is 2.49. The summed E-state index contributed by atoms with van der Waals surface area (Å²) in [5, 5.41) is 5.93. The normalized spacial score (nSPS) is 19.2. The Kier molecular flexibility index (Phi) is 5.49. The molecule has 1 aromatic carbocycles. The highest BCUT2D eigenvalue weighted by molar-refractivity contribution is 5.92. The Balaban J connectivity index is 1.64. The molecule has 1 aliphatic rings.